The van der Waals surface area contributed by atoms with Crippen molar-refractivity contribution < 1.29 is 14.6 Å². The Hall–Kier alpha value is -3.33. The van der Waals surface area contributed by atoms with Crippen molar-refractivity contribution in [3.63, 3.8) is 0 Å². The summed E-state index contributed by atoms with van der Waals surface area (Å²) in [6, 6.07) is 9.11. The molecule has 0 atom stereocenters. The average Bonchev–Trinajstić information content (AvgIpc) is 2.54. The lowest BCUT2D eigenvalue weighted by Gasteiger charge is -2.00. The van der Waals surface area contributed by atoms with Crippen molar-refractivity contribution in [2.24, 2.45) is 5.10 Å². The molecule has 0 radical (unpaired) electrons. The van der Waals surface area contributed by atoms with Gasteiger partial charge in [-0.15, -0.1) is 0 Å². The molecule has 2 rings (SSSR count). The number of nitrogens with one attached hydrogen (secondary N) is 1. The van der Waals surface area contributed by atoms with Gasteiger partial charge in [0.15, 0.2) is 0 Å². The van der Waals surface area contributed by atoms with Gasteiger partial charge >= 0.3 is 0 Å². The smallest absolute Gasteiger partial charge is 0.267 e. The van der Waals surface area contributed by atoms with Crippen LogP contribution in [-0.2, 0) is 0 Å². The van der Waals surface area contributed by atoms with E-state index in [4.69, 9.17) is 11.6 Å². The highest BCUT2D eigenvalue weighted by Gasteiger charge is 2.12. The van der Waals surface area contributed by atoms with Crippen LogP contribution in [0.2, 0.25) is 5.02 Å². The van der Waals surface area contributed by atoms with Crippen LogP contribution in [0.5, 0.6) is 0 Å². The number of benzene rings is 2. The lowest BCUT2D eigenvalue weighted by atomic mass is 10.2. The van der Waals surface area contributed by atoms with Crippen molar-refractivity contribution in [2.75, 3.05) is 0 Å². The molecule has 0 spiro atoms. The topological polar surface area (TPSA) is 128 Å². The summed E-state index contributed by atoms with van der Waals surface area (Å²) in [4.78, 5) is 31.9. The minimum atomic E-state index is -0.636. The average molecular weight is 349 g/mol. The molecule has 2 aromatic rings. The number of halogens is 1. The first kappa shape index (κ1) is 17.0. The van der Waals surface area contributed by atoms with E-state index in [0.29, 0.717) is 5.56 Å². The van der Waals surface area contributed by atoms with Gasteiger partial charge in [-0.05, 0) is 23.8 Å². The molecule has 0 aliphatic heterocycles. The summed E-state index contributed by atoms with van der Waals surface area (Å²) < 4.78 is 0. The molecule has 0 saturated carbocycles. The maximum absolute atomic E-state index is 11.9. The predicted octanol–water partition coefficient (Wildman–Crippen LogP) is 2.92. The molecular weight excluding hydrogens is 340 g/mol. The van der Waals surface area contributed by atoms with Gasteiger partial charge in [-0.25, -0.2) is 5.43 Å². The van der Waals surface area contributed by atoms with Gasteiger partial charge in [-0.3, -0.25) is 25.0 Å². The maximum atomic E-state index is 11.9. The van der Waals surface area contributed by atoms with E-state index >= 15 is 0 Å². The Morgan fingerprint density at radius 1 is 1.12 bits per heavy atom. The molecule has 2 aromatic carbocycles. The van der Waals surface area contributed by atoms with Gasteiger partial charge in [0.2, 0.25) is 0 Å². The fourth-order valence-electron chi connectivity index (χ4n) is 1.74. The lowest BCUT2D eigenvalue weighted by molar-refractivity contribution is -0.385. The number of nitro groups is 2. The van der Waals surface area contributed by atoms with Crippen LogP contribution in [0.25, 0.3) is 0 Å². The SMILES string of the molecule is O=C(N/N=C\c1ccc([N+](=O)[O-])c(Cl)c1)c1cccc([N+](=O)[O-])c1. The molecule has 0 aliphatic carbocycles. The van der Waals surface area contributed by atoms with Gasteiger partial charge in [0.1, 0.15) is 5.02 Å². The first-order valence-corrected chi connectivity index (χ1v) is 6.78. The van der Waals surface area contributed by atoms with Crippen LogP contribution >= 0.6 is 11.6 Å². The molecule has 1 amide bonds. The van der Waals surface area contributed by atoms with E-state index in [1.54, 1.807) is 0 Å². The first-order valence-electron chi connectivity index (χ1n) is 6.40. The second-order valence-electron chi connectivity index (χ2n) is 4.47. The van der Waals surface area contributed by atoms with E-state index in [0.717, 1.165) is 6.07 Å². The number of rotatable bonds is 5. The van der Waals surface area contributed by atoms with Crippen LogP contribution < -0.4 is 5.43 Å². The Labute approximate surface area is 139 Å². The molecule has 9 nitrogen and oxygen atoms in total. The van der Waals surface area contributed by atoms with Gasteiger partial charge in [0.05, 0.1) is 16.1 Å². The van der Waals surface area contributed by atoms with Crippen LogP contribution in [0.15, 0.2) is 47.6 Å². The molecule has 24 heavy (non-hydrogen) atoms. The molecule has 0 aromatic heterocycles. The van der Waals surface area contributed by atoms with Gasteiger partial charge < -0.3 is 0 Å². The van der Waals surface area contributed by atoms with Crippen molar-refractivity contribution >= 4 is 35.1 Å². The number of amides is 1. The summed E-state index contributed by atoms with van der Waals surface area (Å²) in [5.41, 5.74) is 2.25. The second kappa shape index (κ2) is 7.29. The van der Waals surface area contributed by atoms with Crippen LogP contribution in [0.4, 0.5) is 11.4 Å². The van der Waals surface area contributed by atoms with E-state index < -0.39 is 15.8 Å². The first-order chi connectivity index (χ1) is 11.4. The summed E-state index contributed by atoms with van der Waals surface area (Å²) in [7, 11) is 0. The lowest BCUT2D eigenvalue weighted by Crippen LogP contribution is -2.17. The number of hydrogen-bond acceptors (Lipinski definition) is 6. The van der Waals surface area contributed by atoms with Gasteiger partial charge in [-0.2, -0.15) is 5.10 Å². The summed E-state index contributed by atoms with van der Waals surface area (Å²) in [5, 5.41) is 24.9. The monoisotopic (exact) mass is 348 g/mol. The molecule has 0 bridgehead atoms. The van der Waals surface area contributed by atoms with Crippen molar-refractivity contribution in [1.29, 1.82) is 0 Å². The van der Waals surface area contributed by atoms with Crippen LogP contribution in [0.1, 0.15) is 15.9 Å². The summed E-state index contributed by atoms with van der Waals surface area (Å²) in [6.45, 7) is 0. The maximum Gasteiger partial charge on any atom is 0.287 e. The van der Waals surface area contributed by atoms with Gasteiger partial charge in [0, 0.05) is 23.8 Å². The van der Waals surface area contributed by atoms with Crippen LogP contribution in [-0.4, -0.2) is 22.0 Å². The second-order valence-corrected chi connectivity index (χ2v) is 4.88. The third-order valence-electron chi connectivity index (χ3n) is 2.87. The van der Waals surface area contributed by atoms with E-state index in [1.165, 1.54) is 42.6 Å². The van der Waals surface area contributed by atoms with Crippen molar-refractivity contribution in [1.82, 2.24) is 5.43 Å². The molecule has 10 heteroatoms. The number of non-ortho nitro benzene ring substituents is 1. The minimum Gasteiger partial charge on any atom is -0.267 e. The van der Waals surface area contributed by atoms with Crippen LogP contribution in [0, 0.1) is 20.2 Å². The van der Waals surface area contributed by atoms with Gasteiger partial charge in [0.25, 0.3) is 17.3 Å². The number of hydrazone groups is 1. The number of hydrogen-bond donors (Lipinski definition) is 1. The Balaban J connectivity index is 2.07. The fourth-order valence-corrected chi connectivity index (χ4v) is 2.00. The summed E-state index contributed by atoms with van der Waals surface area (Å²) in [5.74, 6) is -0.636. The highest BCUT2D eigenvalue weighted by atomic mass is 35.5. The number of carbonyl (C=O) groups excluding carboxylic acids is 1. The molecule has 0 saturated heterocycles. The molecule has 0 fully saturated rings. The van der Waals surface area contributed by atoms with Crippen molar-refractivity contribution in [2.45, 2.75) is 0 Å². The Morgan fingerprint density at radius 3 is 2.50 bits per heavy atom. The van der Waals surface area contributed by atoms with Crippen molar-refractivity contribution in [3.8, 4) is 0 Å². The third kappa shape index (κ3) is 4.11. The fraction of sp³-hybridized carbons (Fsp3) is 0. The highest BCUT2D eigenvalue weighted by Crippen LogP contribution is 2.24. The molecule has 0 heterocycles. The molecule has 122 valence electrons. The summed E-state index contributed by atoms with van der Waals surface area (Å²) >= 11 is 5.75. The largest absolute Gasteiger partial charge is 0.287 e. The molecule has 0 unspecified atom stereocenters. The Morgan fingerprint density at radius 2 is 1.88 bits per heavy atom. The van der Waals surface area contributed by atoms with Gasteiger partial charge in [-0.1, -0.05) is 17.7 Å². The number of nitrogens with zero attached hydrogens (tertiary/aromatic N) is 3. The number of carbonyl (C=O) groups is 1. The zero-order valence-corrected chi connectivity index (χ0v) is 12.6. The normalized spacial score (nSPS) is 10.5. The van der Waals surface area contributed by atoms with E-state index in [9.17, 15) is 25.0 Å². The zero-order chi connectivity index (χ0) is 17.7. The van der Waals surface area contributed by atoms with E-state index in [2.05, 4.69) is 10.5 Å². The Bertz CT molecular complexity index is 853. The van der Waals surface area contributed by atoms with Crippen molar-refractivity contribution in [3.05, 3.63) is 78.8 Å². The highest BCUT2D eigenvalue weighted by molar-refractivity contribution is 6.32. The summed E-state index contributed by atoms with van der Waals surface area (Å²) in [6.07, 6.45) is 1.24. The third-order valence-corrected chi connectivity index (χ3v) is 3.17. The molecule has 0 aliphatic rings. The quantitative estimate of drug-likeness (QED) is 0.504. The van der Waals surface area contributed by atoms with E-state index in [-0.39, 0.29) is 22.0 Å². The number of nitro benzene ring substituents is 2. The predicted molar refractivity (Wildman–Crippen MR) is 86.3 cm³/mol. The zero-order valence-electron chi connectivity index (χ0n) is 11.9. The van der Waals surface area contributed by atoms with Crippen LogP contribution in [0.3, 0.4) is 0 Å². The standard InChI is InChI=1S/C14H9ClN4O5/c15-12-6-9(4-5-13(12)19(23)24)8-16-17-14(20)10-2-1-3-11(7-10)18(21)22/h1-8H,(H,17,20)/b16-8-. The van der Waals surface area contributed by atoms with E-state index in [1.807, 2.05) is 0 Å². The minimum absolute atomic E-state index is 0.0611. The molecular formula is C14H9ClN4O5. The molecule has 1 N–H and O–H groups in total. The Kier molecular flexibility index (Phi) is 5.17.